The predicted molar refractivity (Wildman–Crippen MR) is 77.8 cm³/mol. The number of carboxylic acid groups (broad SMARTS) is 1. The van der Waals surface area contributed by atoms with Gasteiger partial charge in [-0.3, -0.25) is 4.98 Å². The van der Waals surface area contributed by atoms with E-state index in [9.17, 15) is 4.79 Å². The molecule has 0 spiro atoms. The molecule has 0 saturated heterocycles. The average molecular weight is 280 g/mol. The van der Waals surface area contributed by atoms with E-state index in [1.807, 2.05) is 37.3 Å². The van der Waals surface area contributed by atoms with Crippen LogP contribution >= 0.6 is 0 Å². The number of carboxylic acids is 1. The highest BCUT2D eigenvalue weighted by molar-refractivity contribution is 5.90. The van der Waals surface area contributed by atoms with Crippen LogP contribution < -0.4 is 4.74 Å². The summed E-state index contributed by atoms with van der Waals surface area (Å²) >= 11 is 0. The van der Waals surface area contributed by atoms with E-state index >= 15 is 0 Å². The van der Waals surface area contributed by atoms with Crippen molar-refractivity contribution in [1.82, 2.24) is 9.97 Å². The van der Waals surface area contributed by atoms with Gasteiger partial charge in [-0.05, 0) is 25.1 Å². The third-order valence-electron chi connectivity index (χ3n) is 3.09. The van der Waals surface area contributed by atoms with Crippen molar-refractivity contribution < 1.29 is 14.6 Å². The standard InChI is InChI=1S/C16H12N2O3/c1-10-8-11-4-2-3-5-13(11)18-15(10)21-14-9-17-7-6-12(14)16(19)20/h2-9H,1H3,(H,19,20). The molecule has 0 atom stereocenters. The normalized spacial score (nSPS) is 10.5. The van der Waals surface area contributed by atoms with Crippen LogP contribution in [0.4, 0.5) is 0 Å². The molecule has 0 saturated carbocycles. The molecule has 0 bridgehead atoms. The molecule has 2 heterocycles. The van der Waals surface area contributed by atoms with Gasteiger partial charge in [0.15, 0.2) is 5.75 Å². The highest BCUT2D eigenvalue weighted by atomic mass is 16.5. The summed E-state index contributed by atoms with van der Waals surface area (Å²) in [5.41, 5.74) is 1.67. The van der Waals surface area contributed by atoms with Crippen molar-refractivity contribution in [2.45, 2.75) is 6.92 Å². The molecule has 1 aromatic carbocycles. The van der Waals surface area contributed by atoms with Gasteiger partial charge in [0, 0.05) is 17.1 Å². The average Bonchev–Trinajstić information content (AvgIpc) is 2.48. The van der Waals surface area contributed by atoms with Crippen LogP contribution in [0.5, 0.6) is 11.6 Å². The minimum Gasteiger partial charge on any atom is -0.478 e. The molecule has 3 aromatic rings. The molecule has 3 rings (SSSR count). The van der Waals surface area contributed by atoms with Gasteiger partial charge in [-0.2, -0.15) is 0 Å². The number of para-hydroxylation sites is 1. The third kappa shape index (κ3) is 2.53. The predicted octanol–water partition coefficient (Wildman–Crippen LogP) is 3.43. The van der Waals surface area contributed by atoms with Gasteiger partial charge in [-0.1, -0.05) is 18.2 Å². The molecular formula is C16H12N2O3. The lowest BCUT2D eigenvalue weighted by Gasteiger charge is -2.10. The molecule has 104 valence electrons. The fourth-order valence-corrected chi connectivity index (χ4v) is 2.05. The van der Waals surface area contributed by atoms with Crippen LogP contribution in [0.15, 0.2) is 48.8 Å². The van der Waals surface area contributed by atoms with Crippen LogP contribution in [-0.4, -0.2) is 21.0 Å². The lowest BCUT2D eigenvalue weighted by molar-refractivity contribution is 0.0694. The third-order valence-corrected chi connectivity index (χ3v) is 3.09. The van der Waals surface area contributed by atoms with Crippen molar-refractivity contribution in [2.24, 2.45) is 0 Å². The van der Waals surface area contributed by atoms with Crippen molar-refractivity contribution >= 4 is 16.9 Å². The summed E-state index contributed by atoms with van der Waals surface area (Å²) < 4.78 is 5.66. The molecule has 2 aromatic heterocycles. The number of ether oxygens (including phenoxy) is 1. The second kappa shape index (κ2) is 5.20. The molecule has 0 amide bonds. The van der Waals surface area contributed by atoms with Gasteiger partial charge >= 0.3 is 5.97 Å². The topological polar surface area (TPSA) is 72.3 Å². The number of pyridine rings is 2. The Morgan fingerprint density at radius 3 is 2.86 bits per heavy atom. The van der Waals surface area contributed by atoms with E-state index in [2.05, 4.69) is 9.97 Å². The Morgan fingerprint density at radius 2 is 2.05 bits per heavy atom. The molecule has 1 N–H and O–H groups in total. The summed E-state index contributed by atoms with van der Waals surface area (Å²) in [6.45, 7) is 1.87. The maximum atomic E-state index is 11.2. The summed E-state index contributed by atoms with van der Waals surface area (Å²) in [5, 5.41) is 10.2. The maximum absolute atomic E-state index is 11.2. The molecule has 0 radical (unpaired) electrons. The molecule has 5 heteroatoms. The molecule has 0 fully saturated rings. The number of hydrogen-bond acceptors (Lipinski definition) is 4. The van der Waals surface area contributed by atoms with E-state index in [4.69, 9.17) is 9.84 Å². The maximum Gasteiger partial charge on any atom is 0.339 e. The van der Waals surface area contributed by atoms with Crippen molar-refractivity contribution in [2.75, 3.05) is 0 Å². The molecule has 0 aliphatic heterocycles. The van der Waals surface area contributed by atoms with Gasteiger partial charge in [-0.15, -0.1) is 0 Å². The van der Waals surface area contributed by atoms with Gasteiger partial charge in [0.2, 0.25) is 5.88 Å². The van der Waals surface area contributed by atoms with Crippen LogP contribution in [0.3, 0.4) is 0 Å². The van der Waals surface area contributed by atoms with Crippen LogP contribution in [-0.2, 0) is 0 Å². The van der Waals surface area contributed by atoms with E-state index in [1.54, 1.807) is 0 Å². The first-order chi connectivity index (χ1) is 10.1. The number of hydrogen-bond donors (Lipinski definition) is 1. The SMILES string of the molecule is Cc1cc2ccccc2nc1Oc1cnccc1C(=O)O. The molecule has 0 unspecified atom stereocenters. The van der Waals surface area contributed by atoms with E-state index < -0.39 is 5.97 Å². The van der Waals surface area contributed by atoms with Crippen LogP contribution in [0.1, 0.15) is 15.9 Å². The first-order valence-electron chi connectivity index (χ1n) is 6.36. The lowest BCUT2D eigenvalue weighted by Crippen LogP contribution is -2.02. The second-order valence-electron chi connectivity index (χ2n) is 4.58. The number of nitrogens with zero attached hydrogens (tertiary/aromatic N) is 2. The molecule has 21 heavy (non-hydrogen) atoms. The zero-order chi connectivity index (χ0) is 14.8. The first kappa shape index (κ1) is 13.1. The zero-order valence-electron chi connectivity index (χ0n) is 11.3. The van der Waals surface area contributed by atoms with Gasteiger partial charge in [0.25, 0.3) is 0 Å². The minimum absolute atomic E-state index is 0.0550. The number of aromatic carboxylic acids is 1. The highest BCUT2D eigenvalue weighted by Crippen LogP contribution is 2.28. The van der Waals surface area contributed by atoms with Crippen molar-refractivity contribution in [3.8, 4) is 11.6 Å². The minimum atomic E-state index is -1.06. The Bertz CT molecular complexity index is 831. The van der Waals surface area contributed by atoms with Gasteiger partial charge < -0.3 is 9.84 Å². The monoisotopic (exact) mass is 280 g/mol. The number of carbonyl (C=O) groups is 1. The van der Waals surface area contributed by atoms with Crippen LogP contribution in [0.2, 0.25) is 0 Å². The zero-order valence-corrected chi connectivity index (χ0v) is 11.3. The summed E-state index contributed by atoms with van der Waals surface area (Å²) in [6, 6.07) is 11.0. The van der Waals surface area contributed by atoms with Gasteiger partial charge in [0.1, 0.15) is 5.56 Å². The van der Waals surface area contributed by atoms with E-state index in [0.29, 0.717) is 5.88 Å². The second-order valence-corrected chi connectivity index (χ2v) is 4.58. The Morgan fingerprint density at radius 1 is 1.24 bits per heavy atom. The number of aryl methyl sites for hydroxylation is 1. The summed E-state index contributed by atoms with van der Waals surface area (Å²) in [7, 11) is 0. The van der Waals surface area contributed by atoms with E-state index in [1.165, 1.54) is 18.5 Å². The Labute approximate surface area is 120 Å². The number of fused-ring (bicyclic) bond motifs is 1. The molecule has 0 aliphatic rings. The largest absolute Gasteiger partial charge is 0.478 e. The summed E-state index contributed by atoms with van der Waals surface area (Å²) in [5.74, 6) is -0.508. The fraction of sp³-hybridized carbons (Fsp3) is 0.0625. The summed E-state index contributed by atoms with van der Waals surface area (Å²) in [4.78, 5) is 19.5. The number of aromatic nitrogens is 2. The Hall–Kier alpha value is -2.95. The van der Waals surface area contributed by atoms with Crippen LogP contribution in [0, 0.1) is 6.92 Å². The highest BCUT2D eigenvalue weighted by Gasteiger charge is 2.14. The van der Waals surface area contributed by atoms with Crippen molar-refractivity contribution in [3.05, 3.63) is 59.9 Å². The molecule has 0 aliphatic carbocycles. The van der Waals surface area contributed by atoms with Crippen molar-refractivity contribution in [1.29, 1.82) is 0 Å². The van der Waals surface area contributed by atoms with Crippen LogP contribution in [0.25, 0.3) is 10.9 Å². The quantitative estimate of drug-likeness (QED) is 0.795. The molecule has 5 nitrogen and oxygen atoms in total. The smallest absolute Gasteiger partial charge is 0.339 e. The molecular weight excluding hydrogens is 268 g/mol. The number of rotatable bonds is 3. The fourth-order valence-electron chi connectivity index (χ4n) is 2.05. The van der Waals surface area contributed by atoms with Gasteiger partial charge in [0.05, 0.1) is 11.7 Å². The Balaban J connectivity index is 2.06. The van der Waals surface area contributed by atoms with Gasteiger partial charge in [-0.25, -0.2) is 9.78 Å². The summed E-state index contributed by atoms with van der Waals surface area (Å²) in [6.07, 6.45) is 2.79. The van der Waals surface area contributed by atoms with E-state index in [-0.39, 0.29) is 11.3 Å². The van der Waals surface area contributed by atoms with E-state index in [0.717, 1.165) is 16.5 Å². The van der Waals surface area contributed by atoms with Crippen molar-refractivity contribution in [3.63, 3.8) is 0 Å². The lowest BCUT2D eigenvalue weighted by atomic mass is 10.1. The number of benzene rings is 1. The Kier molecular flexibility index (Phi) is 3.23. The first-order valence-corrected chi connectivity index (χ1v) is 6.36.